The zero-order valence-electron chi connectivity index (χ0n) is 14.4. The molecule has 1 atom stereocenters. The molecule has 2 rings (SSSR count). The Morgan fingerprint density at radius 3 is 2.24 bits per heavy atom. The first-order valence-corrected chi connectivity index (χ1v) is 7.92. The van der Waals surface area contributed by atoms with Crippen molar-refractivity contribution < 1.29 is 14.4 Å². The summed E-state index contributed by atoms with van der Waals surface area (Å²) in [6.07, 6.45) is 0. The lowest BCUT2D eigenvalue weighted by atomic mass is 10.1. The van der Waals surface area contributed by atoms with Crippen molar-refractivity contribution >= 4 is 23.4 Å². The molecule has 0 aromatic heterocycles. The Kier molecular flexibility index (Phi) is 5.89. The van der Waals surface area contributed by atoms with E-state index < -0.39 is 6.04 Å². The molecule has 0 aliphatic heterocycles. The molecular formula is C19H21N3O3. The molecule has 130 valence electrons. The van der Waals surface area contributed by atoms with Crippen molar-refractivity contribution in [2.24, 2.45) is 0 Å². The van der Waals surface area contributed by atoms with Gasteiger partial charge in [-0.05, 0) is 43.7 Å². The first-order valence-electron chi connectivity index (χ1n) is 7.92. The van der Waals surface area contributed by atoms with Crippen LogP contribution in [0.15, 0.2) is 48.5 Å². The standard InChI is InChI=1S/C19H21N3O3/c1-12-15(19(25)20-3)10-7-11-16(12)22-17(23)13(2)21-18(24)14-8-5-4-6-9-14/h4-11,13H,1-3H3,(H,20,25)(H,21,24)(H,22,23). The molecule has 0 saturated carbocycles. The summed E-state index contributed by atoms with van der Waals surface area (Å²) in [5, 5.41) is 7.97. The zero-order chi connectivity index (χ0) is 18.4. The van der Waals surface area contributed by atoms with Crippen LogP contribution >= 0.6 is 0 Å². The molecular weight excluding hydrogens is 318 g/mol. The molecule has 0 radical (unpaired) electrons. The quantitative estimate of drug-likeness (QED) is 0.780. The average molecular weight is 339 g/mol. The number of hydrogen-bond donors (Lipinski definition) is 3. The zero-order valence-corrected chi connectivity index (χ0v) is 14.4. The van der Waals surface area contributed by atoms with E-state index in [1.165, 1.54) is 0 Å². The monoisotopic (exact) mass is 339 g/mol. The predicted octanol–water partition coefficient (Wildman–Crippen LogP) is 2.11. The smallest absolute Gasteiger partial charge is 0.251 e. The Morgan fingerprint density at radius 1 is 0.920 bits per heavy atom. The highest BCUT2D eigenvalue weighted by atomic mass is 16.2. The van der Waals surface area contributed by atoms with Crippen LogP contribution in [0.1, 0.15) is 33.2 Å². The van der Waals surface area contributed by atoms with Gasteiger partial charge in [0.15, 0.2) is 0 Å². The summed E-state index contributed by atoms with van der Waals surface area (Å²) in [7, 11) is 1.55. The second-order valence-electron chi connectivity index (χ2n) is 5.61. The minimum Gasteiger partial charge on any atom is -0.355 e. The van der Waals surface area contributed by atoms with E-state index in [1.54, 1.807) is 63.4 Å². The van der Waals surface area contributed by atoms with Crippen molar-refractivity contribution in [1.29, 1.82) is 0 Å². The summed E-state index contributed by atoms with van der Waals surface area (Å²) in [4.78, 5) is 36.3. The fourth-order valence-electron chi connectivity index (χ4n) is 2.33. The van der Waals surface area contributed by atoms with Crippen LogP contribution in [-0.2, 0) is 4.79 Å². The fourth-order valence-corrected chi connectivity index (χ4v) is 2.33. The lowest BCUT2D eigenvalue weighted by Crippen LogP contribution is -2.41. The molecule has 3 N–H and O–H groups in total. The third-order valence-corrected chi connectivity index (χ3v) is 3.84. The first kappa shape index (κ1) is 18.2. The summed E-state index contributed by atoms with van der Waals surface area (Å²) in [6, 6.07) is 13.1. The van der Waals surface area contributed by atoms with E-state index in [9.17, 15) is 14.4 Å². The molecule has 6 nitrogen and oxygen atoms in total. The summed E-state index contributed by atoms with van der Waals surface area (Å²) in [5.41, 5.74) is 2.17. The van der Waals surface area contributed by atoms with E-state index in [0.29, 0.717) is 22.4 Å². The molecule has 0 fully saturated rings. The third-order valence-electron chi connectivity index (χ3n) is 3.84. The van der Waals surface area contributed by atoms with Gasteiger partial charge in [-0.15, -0.1) is 0 Å². The van der Waals surface area contributed by atoms with E-state index >= 15 is 0 Å². The van der Waals surface area contributed by atoms with Crippen LogP contribution in [0, 0.1) is 6.92 Å². The molecule has 0 heterocycles. The number of amides is 3. The van der Waals surface area contributed by atoms with E-state index in [1.807, 2.05) is 6.07 Å². The van der Waals surface area contributed by atoms with Crippen molar-refractivity contribution in [2.45, 2.75) is 19.9 Å². The van der Waals surface area contributed by atoms with E-state index in [0.717, 1.165) is 0 Å². The van der Waals surface area contributed by atoms with Gasteiger partial charge in [0.25, 0.3) is 11.8 Å². The molecule has 25 heavy (non-hydrogen) atoms. The predicted molar refractivity (Wildman–Crippen MR) is 96.6 cm³/mol. The van der Waals surface area contributed by atoms with Crippen LogP contribution in [0.2, 0.25) is 0 Å². The average Bonchev–Trinajstić information content (AvgIpc) is 2.63. The highest BCUT2D eigenvalue weighted by Crippen LogP contribution is 2.19. The molecule has 0 bridgehead atoms. The third kappa shape index (κ3) is 4.44. The summed E-state index contributed by atoms with van der Waals surface area (Å²) in [5.74, 6) is -0.903. The van der Waals surface area contributed by atoms with Crippen LogP contribution in [0.3, 0.4) is 0 Å². The highest BCUT2D eigenvalue weighted by molar-refractivity contribution is 6.02. The fraction of sp³-hybridized carbons (Fsp3) is 0.211. The van der Waals surface area contributed by atoms with Crippen molar-refractivity contribution in [2.75, 3.05) is 12.4 Å². The molecule has 0 saturated heterocycles. The summed E-state index contributed by atoms with van der Waals surface area (Å²) >= 11 is 0. The van der Waals surface area contributed by atoms with Gasteiger partial charge in [0, 0.05) is 23.9 Å². The van der Waals surface area contributed by atoms with Crippen LogP contribution in [-0.4, -0.2) is 30.8 Å². The highest BCUT2D eigenvalue weighted by Gasteiger charge is 2.18. The number of anilines is 1. The van der Waals surface area contributed by atoms with E-state index in [-0.39, 0.29) is 17.7 Å². The number of rotatable bonds is 5. The molecule has 3 amide bonds. The van der Waals surface area contributed by atoms with Crippen LogP contribution in [0.25, 0.3) is 0 Å². The Morgan fingerprint density at radius 2 is 1.60 bits per heavy atom. The molecule has 0 spiro atoms. The van der Waals surface area contributed by atoms with Crippen molar-refractivity contribution in [3.63, 3.8) is 0 Å². The second kappa shape index (κ2) is 8.10. The van der Waals surface area contributed by atoms with Gasteiger partial charge in [-0.1, -0.05) is 24.3 Å². The van der Waals surface area contributed by atoms with Crippen molar-refractivity contribution in [1.82, 2.24) is 10.6 Å². The molecule has 1 unspecified atom stereocenters. The maximum atomic E-state index is 12.4. The molecule has 6 heteroatoms. The number of hydrogen-bond acceptors (Lipinski definition) is 3. The first-order chi connectivity index (χ1) is 11.9. The lowest BCUT2D eigenvalue weighted by molar-refractivity contribution is -0.117. The van der Waals surface area contributed by atoms with Crippen LogP contribution in [0.5, 0.6) is 0 Å². The molecule has 0 aliphatic carbocycles. The Labute approximate surface area is 146 Å². The van der Waals surface area contributed by atoms with Gasteiger partial charge in [-0.2, -0.15) is 0 Å². The SMILES string of the molecule is CNC(=O)c1cccc(NC(=O)C(C)NC(=O)c2ccccc2)c1C. The summed E-state index contributed by atoms with van der Waals surface area (Å²) in [6.45, 7) is 3.36. The van der Waals surface area contributed by atoms with Gasteiger partial charge < -0.3 is 16.0 Å². The van der Waals surface area contributed by atoms with Crippen LogP contribution < -0.4 is 16.0 Å². The van der Waals surface area contributed by atoms with Crippen molar-refractivity contribution in [3.05, 3.63) is 65.2 Å². The number of benzene rings is 2. The lowest BCUT2D eigenvalue weighted by Gasteiger charge is -2.16. The van der Waals surface area contributed by atoms with Crippen molar-refractivity contribution in [3.8, 4) is 0 Å². The van der Waals surface area contributed by atoms with Gasteiger partial charge in [-0.3, -0.25) is 14.4 Å². The molecule has 0 aliphatic rings. The normalized spacial score (nSPS) is 11.3. The Balaban J connectivity index is 2.07. The van der Waals surface area contributed by atoms with E-state index in [2.05, 4.69) is 16.0 Å². The van der Waals surface area contributed by atoms with Gasteiger partial charge >= 0.3 is 0 Å². The maximum Gasteiger partial charge on any atom is 0.251 e. The largest absolute Gasteiger partial charge is 0.355 e. The van der Waals surface area contributed by atoms with E-state index in [4.69, 9.17) is 0 Å². The van der Waals surface area contributed by atoms with Gasteiger partial charge in [0.05, 0.1) is 0 Å². The maximum absolute atomic E-state index is 12.4. The Bertz CT molecular complexity index is 788. The van der Waals surface area contributed by atoms with Crippen LogP contribution in [0.4, 0.5) is 5.69 Å². The van der Waals surface area contributed by atoms with Gasteiger partial charge in [0.2, 0.25) is 5.91 Å². The summed E-state index contributed by atoms with van der Waals surface area (Å²) < 4.78 is 0. The second-order valence-corrected chi connectivity index (χ2v) is 5.61. The minimum absolute atomic E-state index is 0.223. The van der Waals surface area contributed by atoms with Gasteiger partial charge in [-0.25, -0.2) is 0 Å². The minimum atomic E-state index is -0.726. The number of carbonyl (C=O) groups excluding carboxylic acids is 3. The topological polar surface area (TPSA) is 87.3 Å². The van der Waals surface area contributed by atoms with Gasteiger partial charge in [0.1, 0.15) is 6.04 Å². The molecule has 2 aromatic rings. The number of carbonyl (C=O) groups is 3. The number of nitrogens with one attached hydrogen (secondary N) is 3. The Hall–Kier alpha value is -3.15. The molecule has 2 aromatic carbocycles.